The average molecular weight is 270 g/mol. The molecule has 1 aliphatic rings. The van der Waals surface area contributed by atoms with E-state index in [0.717, 1.165) is 12.8 Å². The van der Waals surface area contributed by atoms with Gasteiger partial charge in [0.2, 0.25) is 0 Å². The minimum Gasteiger partial charge on any atom is -0.481 e. The molecule has 0 radical (unpaired) electrons. The lowest BCUT2D eigenvalue weighted by atomic mass is 9.94. The summed E-state index contributed by atoms with van der Waals surface area (Å²) < 4.78 is 0. The number of hydrogen-bond donors (Lipinski definition) is 2. The molecule has 2 N–H and O–H groups in total. The molecule has 0 saturated heterocycles. The molecule has 0 aromatic heterocycles. The van der Waals surface area contributed by atoms with Gasteiger partial charge in [-0.3, -0.25) is 4.79 Å². The van der Waals surface area contributed by atoms with E-state index in [9.17, 15) is 9.59 Å². The summed E-state index contributed by atoms with van der Waals surface area (Å²) in [5.74, 6) is -1.46. The van der Waals surface area contributed by atoms with Crippen molar-refractivity contribution in [2.75, 3.05) is 6.54 Å². The minimum atomic E-state index is -0.881. The first-order valence-corrected chi connectivity index (χ1v) is 7.27. The van der Waals surface area contributed by atoms with E-state index in [1.54, 1.807) is 13.8 Å². The fourth-order valence-electron chi connectivity index (χ4n) is 2.58. The van der Waals surface area contributed by atoms with Gasteiger partial charge in [-0.25, -0.2) is 4.79 Å². The first-order valence-electron chi connectivity index (χ1n) is 7.27. The average Bonchev–Trinajstić information content (AvgIpc) is 2.39. The Balaban J connectivity index is 2.55. The summed E-state index contributed by atoms with van der Waals surface area (Å²) in [6, 6.07) is -0.177. The quantitative estimate of drug-likeness (QED) is 0.806. The first kappa shape index (κ1) is 15.8. The van der Waals surface area contributed by atoms with Gasteiger partial charge >= 0.3 is 12.0 Å². The number of nitrogens with one attached hydrogen (secondary N) is 1. The molecule has 0 heterocycles. The zero-order valence-corrected chi connectivity index (χ0v) is 12.2. The van der Waals surface area contributed by atoms with Crippen molar-refractivity contribution in [1.29, 1.82) is 0 Å². The zero-order chi connectivity index (χ0) is 14.4. The van der Waals surface area contributed by atoms with Crippen molar-refractivity contribution in [3.8, 4) is 0 Å². The SMILES string of the molecule is CCN(C(=O)NC(C)C(C)C(=O)O)C1CCCCC1. The van der Waals surface area contributed by atoms with Gasteiger partial charge in [0.05, 0.1) is 5.92 Å². The predicted molar refractivity (Wildman–Crippen MR) is 74.0 cm³/mol. The molecular formula is C14H26N2O3. The number of carboxylic acid groups (broad SMARTS) is 1. The molecule has 2 atom stereocenters. The third kappa shape index (κ3) is 4.40. The summed E-state index contributed by atoms with van der Waals surface area (Å²) in [5, 5.41) is 11.8. The molecule has 1 aliphatic carbocycles. The second-order valence-electron chi connectivity index (χ2n) is 5.44. The summed E-state index contributed by atoms with van der Waals surface area (Å²) in [6.07, 6.45) is 5.72. The third-order valence-electron chi connectivity index (χ3n) is 4.11. The molecule has 0 aliphatic heterocycles. The molecule has 2 unspecified atom stereocenters. The molecule has 0 spiro atoms. The van der Waals surface area contributed by atoms with Gasteiger partial charge in [0.25, 0.3) is 0 Å². The van der Waals surface area contributed by atoms with Crippen LogP contribution in [0.15, 0.2) is 0 Å². The summed E-state index contributed by atoms with van der Waals surface area (Å²) in [4.78, 5) is 25.0. The second kappa shape index (κ2) is 7.36. The summed E-state index contributed by atoms with van der Waals surface area (Å²) in [7, 11) is 0. The molecule has 1 saturated carbocycles. The summed E-state index contributed by atoms with van der Waals surface area (Å²) >= 11 is 0. The van der Waals surface area contributed by atoms with E-state index >= 15 is 0 Å². The number of carbonyl (C=O) groups is 2. The Labute approximate surface area is 115 Å². The molecule has 2 amide bonds. The predicted octanol–water partition coefficient (Wildman–Crippen LogP) is 2.46. The highest BCUT2D eigenvalue weighted by Crippen LogP contribution is 2.22. The Kier molecular flexibility index (Phi) is 6.12. The van der Waals surface area contributed by atoms with Gasteiger partial charge in [-0.1, -0.05) is 19.3 Å². The van der Waals surface area contributed by atoms with Gasteiger partial charge in [-0.05, 0) is 33.6 Å². The lowest BCUT2D eigenvalue weighted by molar-refractivity contribution is -0.141. The van der Waals surface area contributed by atoms with Gasteiger partial charge < -0.3 is 15.3 Å². The highest BCUT2D eigenvalue weighted by atomic mass is 16.4. The van der Waals surface area contributed by atoms with Crippen LogP contribution < -0.4 is 5.32 Å². The van der Waals surface area contributed by atoms with Crippen LogP contribution in [0.5, 0.6) is 0 Å². The van der Waals surface area contributed by atoms with Crippen LogP contribution in [0.3, 0.4) is 0 Å². The number of hydrogen-bond acceptors (Lipinski definition) is 2. The Morgan fingerprint density at radius 1 is 1.26 bits per heavy atom. The molecule has 1 rings (SSSR count). The lowest BCUT2D eigenvalue weighted by Crippen LogP contribution is -2.51. The largest absolute Gasteiger partial charge is 0.481 e. The molecule has 1 fully saturated rings. The highest BCUT2D eigenvalue weighted by molar-refractivity contribution is 5.76. The summed E-state index contributed by atoms with van der Waals surface area (Å²) in [6.45, 7) is 6.00. The minimum absolute atomic E-state index is 0.130. The molecule has 110 valence electrons. The van der Waals surface area contributed by atoms with Crippen LogP contribution in [0.25, 0.3) is 0 Å². The van der Waals surface area contributed by atoms with Gasteiger partial charge in [-0.15, -0.1) is 0 Å². The van der Waals surface area contributed by atoms with E-state index in [2.05, 4.69) is 5.32 Å². The van der Waals surface area contributed by atoms with Crippen molar-refractivity contribution in [3.63, 3.8) is 0 Å². The van der Waals surface area contributed by atoms with Crippen molar-refractivity contribution < 1.29 is 14.7 Å². The van der Waals surface area contributed by atoms with Crippen LogP contribution in [0.1, 0.15) is 52.9 Å². The van der Waals surface area contributed by atoms with Crippen LogP contribution in [-0.2, 0) is 4.79 Å². The third-order valence-corrected chi connectivity index (χ3v) is 4.11. The monoisotopic (exact) mass is 270 g/mol. The van der Waals surface area contributed by atoms with Gasteiger partial charge in [0, 0.05) is 18.6 Å². The molecule has 5 nitrogen and oxygen atoms in total. The van der Waals surface area contributed by atoms with Crippen molar-refractivity contribution >= 4 is 12.0 Å². The maximum Gasteiger partial charge on any atom is 0.317 e. The van der Waals surface area contributed by atoms with Crippen LogP contribution in [0, 0.1) is 5.92 Å². The number of carboxylic acids is 1. The van der Waals surface area contributed by atoms with Crippen molar-refractivity contribution in [3.05, 3.63) is 0 Å². The first-order chi connectivity index (χ1) is 8.97. The number of carbonyl (C=O) groups excluding carboxylic acids is 1. The highest BCUT2D eigenvalue weighted by Gasteiger charge is 2.27. The van der Waals surface area contributed by atoms with E-state index in [4.69, 9.17) is 5.11 Å². The fraction of sp³-hybridized carbons (Fsp3) is 0.857. The zero-order valence-electron chi connectivity index (χ0n) is 12.2. The molecule has 5 heteroatoms. The van der Waals surface area contributed by atoms with E-state index < -0.39 is 11.9 Å². The maximum absolute atomic E-state index is 12.2. The van der Waals surface area contributed by atoms with Crippen LogP contribution in [0.4, 0.5) is 4.79 Å². The summed E-state index contributed by atoms with van der Waals surface area (Å²) in [5.41, 5.74) is 0. The number of urea groups is 1. The number of aliphatic carboxylic acids is 1. The Bertz CT molecular complexity index is 314. The standard InChI is InChI=1S/C14H26N2O3/c1-4-16(12-8-6-5-7-9-12)14(19)15-11(3)10(2)13(17)18/h10-12H,4-9H2,1-3H3,(H,15,19)(H,17,18). The van der Waals surface area contributed by atoms with E-state index in [1.165, 1.54) is 19.3 Å². The van der Waals surface area contributed by atoms with E-state index in [1.807, 2.05) is 11.8 Å². The Hall–Kier alpha value is -1.26. The molecular weight excluding hydrogens is 244 g/mol. The number of nitrogens with zero attached hydrogens (tertiary/aromatic N) is 1. The molecule has 19 heavy (non-hydrogen) atoms. The van der Waals surface area contributed by atoms with Crippen LogP contribution in [-0.4, -0.2) is 40.6 Å². The number of rotatable bonds is 5. The van der Waals surface area contributed by atoms with Crippen molar-refractivity contribution in [2.24, 2.45) is 5.92 Å². The smallest absolute Gasteiger partial charge is 0.317 e. The maximum atomic E-state index is 12.2. The topological polar surface area (TPSA) is 69.6 Å². The van der Waals surface area contributed by atoms with E-state index in [-0.39, 0.29) is 12.1 Å². The van der Waals surface area contributed by atoms with Crippen molar-refractivity contribution in [1.82, 2.24) is 10.2 Å². The molecule has 0 aromatic rings. The van der Waals surface area contributed by atoms with Crippen LogP contribution >= 0.6 is 0 Å². The Morgan fingerprint density at radius 2 is 1.84 bits per heavy atom. The van der Waals surface area contributed by atoms with E-state index in [0.29, 0.717) is 12.6 Å². The van der Waals surface area contributed by atoms with Gasteiger partial charge in [0.15, 0.2) is 0 Å². The normalized spacial score (nSPS) is 19.5. The molecule has 0 aromatic carbocycles. The van der Waals surface area contributed by atoms with Crippen LogP contribution in [0.2, 0.25) is 0 Å². The van der Waals surface area contributed by atoms with Gasteiger partial charge in [-0.2, -0.15) is 0 Å². The number of amides is 2. The lowest BCUT2D eigenvalue weighted by Gasteiger charge is -2.34. The van der Waals surface area contributed by atoms with Crippen molar-refractivity contribution in [2.45, 2.75) is 65.0 Å². The molecule has 0 bridgehead atoms. The second-order valence-corrected chi connectivity index (χ2v) is 5.44. The Morgan fingerprint density at radius 3 is 2.32 bits per heavy atom. The van der Waals surface area contributed by atoms with Gasteiger partial charge in [0.1, 0.15) is 0 Å². The fourth-order valence-corrected chi connectivity index (χ4v) is 2.58.